The Balaban J connectivity index is 2.07. The number of rotatable bonds is 8. The predicted molar refractivity (Wildman–Crippen MR) is 121 cm³/mol. The topological polar surface area (TPSA) is 126 Å². The Kier molecular flexibility index (Phi) is 7.31. The van der Waals surface area contributed by atoms with Gasteiger partial charge in [0, 0.05) is 22.5 Å². The van der Waals surface area contributed by atoms with Crippen molar-refractivity contribution in [2.24, 2.45) is 5.10 Å². The van der Waals surface area contributed by atoms with Crippen molar-refractivity contribution >= 4 is 44.7 Å². The normalized spacial score (nSPS) is 11.1. The van der Waals surface area contributed by atoms with Gasteiger partial charge in [-0.1, -0.05) is 28.9 Å². The molecule has 2 aromatic carbocycles. The number of aromatic nitrogens is 2. The Hall–Kier alpha value is -3.60. The van der Waals surface area contributed by atoms with E-state index in [9.17, 15) is 19.7 Å². The zero-order valence-electron chi connectivity index (χ0n) is 17.3. The highest BCUT2D eigenvalue weighted by atomic mass is 79.9. The fourth-order valence-electron chi connectivity index (χ4n) is 2.94. The molecular weight excluding hydrogens is 484 g/mol. The van der Waals surface area contributed by atoms with E-state index in [0.717, 1.165) is 9.15 Å². The summed E-state index contributed by atoms with van der Waals surface area (Å²) in [5.41, 5.74) is 0.0211. The smallest absolute Gasteiger partial charge is 0.344 e. The lowest BCUT2D eigenvalue weighted by Gasteiger charge is -2.10. The van der Waals surface area contributed by atoms with E-state index in [1.807, 2.05) is 6.92 Å². The van der Waals surface area contributed by atoms with Gasteiger partial charge in [-0.3, -0.25) is 14.9 Å². The minimum absolute atomic E-state index is 0.154. The van der Waals surface area contributed by atoms with Crippen LogP contribution in [0.4, 0.5) is 5.69 Å². The van der Waals surface area contributed by atoms with Crippen LogP contribution < -0.4 is 10.3 Å². The van der Waals surface area contributed by atoms with Crippen LogP contribution in [-0.4, -0.2) is 40.0 Å². The molecule has 0 unspecified atom stereocenters. The standard InChI is InChI=1S/C21H19BrN4O6/c1-3-18-24-16-9-8-14(22)10-15(16)21(28)25(18)23-11-13-6-5-7-17(26(29)30)20(13)32-12-19(27)31-4-2/h5-11H,3-4,12H2,1-2H3. The maximum absolute atomic E-state index is 13.0. The lowest BCUT2D eigenvalue weighted by molar-refractivity contribution is -0.385. The summed E-state index contributed by atoms with van der Waals surface area (Å²) in [5.74, 6) is -0.403. The number of nitrogens with zero attached hydrogens (tertiary/aromatic N) is 4. The Bertz CT molecular complexity index is 1270. The van der Waals surface area contributed by atoms with Crippen molar-refractivity contribution in [3.8, 4) is 5.75 Å². The van der Waals surface area contributed by atoms with Gasteiger partial charge in [0.2, 0.25) is 5.75 Å². The summed E-state index contributed by atoms with van der Waals surface area (Å²) in [5, 5.41) is 16.0. The zero-order valence-corrected chi connectivity index (χ0v) is 18.9. The Morgan fingerprint density at radius 3 is 2.78 bits per heavy atom. The molecule has 1 heterocycles. The van der Waals surface area contributed by atoms with E-state index in [-0.39, 0.29) is 29.2 Å². The van der Waals surface area contributed by atoms with Crippen LogP contribution in [0.15, 0.2) is 50.8 Å². The SMILES string of the molecule is CCOC(=O)COc1c(C=Nn2c(CC)nc3ccc(Br)cc3c2=O)cccc1[N+](=O)[O-]. The number of para-hydroxylation sites is 1. The van der Waals surface area contributed by atoms with Gasteiger partial charge in [0.1, 0.15) is 5.82 Å². The van der Waals surface area contributed by atoms with Crippen molar-refractivity contribution in [2.75, 3.05) is 13.2 Å². The summed E-state index contributed by atoms with van der Waals surface area (Å²) >= 11 is 3.34. The second kappa shape index (κ2) is 10.1. The van der Waals surface area contributed by atoms with Gasteiger partial charge in [0.05, 0.1) is 28.6 Å². The predicted octanol–water partition coefficient (Wildman–Crippen LogP) is 3.45. The monoisotopic (exact) mass is 502 g/mol. The highest BCUT2D eigenvalue weighted by Crippen LogP contribution is 2.30. The first-order valence-electron chi connectivity index (χ1n) is 9.67. The number of benzene rings is 2. The lowest BCUT2D eigenvalue weighted by atomic mass is 10.2. The average Bonchev–Trinajstić information content (AvgIpc) is 2.77. The summed E-state index contributed by atoms with van der Waals surface area (Å²) in [4.78, 5) is 40.0. The van der Waals surface area contributed by atoms with Gasteiger partial charge in [-0.15, -0.1) is 0 Å². The van der Waals surface area contributed by atoms with Crippen molar-refractivity contribution in [3.63, 3.8) is 0 Å². The number of fused-ring (bicyclic) bond motifs is 1. The fraction of sp³-hybridized carbons (Fsp3) is 0.238. The third-order valence-corrected chi connectivity index (χ3v) is 4.86. The number of hydrogen-bond acceptors (Lipinski definition) is 8. The van der Waals surface area contributed by atoms with Gasteiger partial charge >= 0.3 is 11.7 Å². The highest BCUT2D eigenvalue weighted by molar-refractivity contribution is 9.10. The Morgan fingerprint density at radius 2 is 2.09 bits per heavy atom. The molecule has 0 spiro atoms. The molecule has 0 bridgehead atoms. The molecule has 32 heavy (non-hydrogen) atoms. The average molecular weight is 503 g/mol. The van der Waals surface area contributed by atoms with Crippen LogP contribution in [0.2, 0.25) is 0 Å². The van der Waals surface area contributed by atoms with Crippen LogP contribution in [-0.2, 0) is 16.0 Å². The zero-order chi connectivity index (χ0) is 23.3. The lowest BCUT2D eigenvalue weighted by Crippen LogP contribution is -2.22. The highest BCUT2D eigenvalue weighted by Gasteiger charge is 2.20. The maximum Gasteiger partial charge on any atom is 0.344 e. The number of carbonyl (C=O) groups excluding carboxylic acids is 1. The molecule has 11 heteroatoms. The molecule has 3 rings (SSSR count). The van der Waals surface area contributed by atoms with Gasteiger partial charge in [-0.25, -0.2) is 9.78 Å². The molecule has 0 aliphatic carbocycles. The number of nitro groups is 1. The largest absolute Gasteiger partial charge is 0.474 e. The van der Waals surface area contributed by atoms with Crippen LogP contribution in [0.3, 0.4) is 0 Å². The molecule has 0 radical (unpaired) electrons. The van der Waals surface area contributed by atoms with E-state index in [1.165, 1.54) is 24.4 Å². The van der Waals surface area contributed by atoms with E-state index in [0.29, 0.717) is 23.1 Å². The summed E-state index contributed by atoms with van der Waals surface area (Å²) in [7, 11) is 0. The van der Waals surface area contributed by atoms with Crippen LogP contribution >= 0.6 is 15.9 Å². The van der Waals surface area contributed by atoms with E-state index in [2.05, 4.69) is 26.0 Å². The number of carbonyl (C=O) groups is 1. The van der Waals surface area contributed by atoms with Gasteiger partial charge in [0.15, 0.2) is 6.61 Å². The molecule has 0 saturated carbocycles. The molecule has 0 aliphatic rings. The number of halogens is 1. The number of esters is 1. The molecule has 0 aliphatic heterocycles. The van der Waals surface area contributed by atoms with E-state index < -0.39 is 17.5 Å². The van der Waals surface area contributed by atoms with Crippen molar-refractivity contribution in [2.45, 2.75) is 20.3 Å². The first-order chi connectivity index (χ1) is 15.3. The molecule has 1 aromatic heterocycles. The fourth-order valence-corrected chi connectivity index (χ4v) is 3.30. The van der Waals surface area contributed by atoms with E-state index in [4.69, 9.17) is 9.47 Å². The summed E-state index contributed by atoms with van der Waals surface area (Å²) in [6.07, 6.45) is 1.69. The van der Waals surface area contributed by atoms with Gasteiger partial charge in [-0.05, 0) is 31.2 Å². The van der Waals surface area contributed by atoms with Gasteiger partial charge < -0.3 is 9.47 Å². The van der Waals surface area contributed by atoms with Crippen molar-refractivity contribution in [1.82, 2.24) is 9.66 Å². The third kappa shape index (κ3) is 4.99. The van der Waals surface area contributed by atoms with Crippen molar-refractivity contribution in [3.05, 3.63) is 72.7 Å². The second-order valence-corrected chi connectivity index (χ2v) is 7.37. The number of aryl methyl sites for hydroxylation is 1. The van der Waals surface area contributed by atoms with Gasteiger partial charge in [-0.2, -0.15) is 9.78 Å². The second-order valence-electron chi connectivity index (χ2n) is 6.45. The van der Waals surface area contributed by atoms with E-state index in [1.54, 1.807) is 25.1 Å². The molecule has 0 N–H and O–H groups in total. The quantitative estimate of drug-likeness (QED) is 0.200. The molecule has 0 fully saturated rings. The summed E-state index contributed by atoms with van der Waals surface area (Å²) < 4.78 is 12.1. The van der Waals surface area contributed by atoms with E-state index >= 15 is 0 Å². The molecular formula is C21H19BrN4O6. The minimum Gasteiger partial charge on any atom is -0.474 e. The summed E-state index contributed by atoms with van der Waals surface area (Å²) in [6, 6.07) is 9.40. The van der Waals surface area contributed by atoms with Crippen LogP contribution in [0.1, 0.15) is 25.2 Å². The van der Waals surface area contributed by atoms with Crippen molar-refractivity contribution < 1.29 is 19.2 Å². The number of ether oxygens (including phenoxy) is 2. The number of nitro benzene ring substituents is 1. The minimum atomic E-state index is -0.665. The third-order valence-electron chi connectivity index (χ3n) is 4.36. The van der Waals surface area contributed by atoms with Crippen LogP contribution in [0.25, 0.3) is 10.9 Å². The van der Waals surface area contributed by atoms with Crippen molar-refractivity contribution in [1.29, 1.82) is 0 Å². The number of hydrogen-bond donors (Lipinski definition) is 0. The molecule has 10 nitrogen and oxygen atoms in total. The molecule has 166 valence electrons. The van der Waals surface area contributed by atoms with Crippen LogP contribution in [0.5, 0.6) is 5.75 Å². The first kappa shape index (κ1) is 23.1. The Labute approximate surface area is 190 Å². The molecule has 0 atom stereocenters. The first-order valence-corrected chi connectivity index (χ1v) is 10.5. The molecule has 0 saturated heterocycles. The molecule has 0 amide bonds. The van der Waals surface area contributed by atoms with Gasteiger partial charge in [0.25, 0.3) is 5.56 Å². The summed E-state index contributed by atoms with van der Waals surface area (Å²) in [6.45, 7) is 3.12. The maximum atomic E-state index is 13.0. The molecule has 3 aromatic rings. The Morgan fingerprint density at radius 1 is 1.31 bits per heavy atom. The van der Waals surface area contributed by atoms with Crippen LogP contribution in [0, 0.1) is 10.1 Å².